The molecule has 0 N–H and O–H groups in total. The van der Waals surface area contributed by atoms with Crippen molar-refractivity contribution < 1.29 is 18.7 Å². The van der Waals surface area contributed by atoms with E-state index in [0.717, 1.165) is 5.69 Å². The van der Waals surface area contributed by atoms with E-state index in [-0.39, 0.29) is 18.2 Å². The second-order valence-electron chi connectivity index (χ2n) is 4.27. The second-order valence-corrected chi connectivity index (χ2v) is 5.12. The molecule has 0 aliphatic carbocycles. The van der Waals surface area contributed by atoms with Crippen LogP contribution in [0.3, 0.4) is 0 Å². The van der Waals surface area contributed by atoms with Gasteiger partial charge in [0.2, 0.25) is 0 Å². The van der Waals surface area contributed by atoms with E-state index in [9.17, 15) is 9.18 Å². The minimum Gasteiger partial charge on any atom is -0.496 e. The maximum Gasteiger partial charge on any atom is 0.306 e. The number of rotatable bonds is 6. The Morgan fingerprint density at radius 3 is 2.95 bits per heavy atom. The highest BCUT2D eigenvalue weighted by molar-refractivity contribution is 7.13. The van der Waals surface area contributed by atoms with Crippen LogP contribution in [-0.4, -0.2) is 24.7 Å². The van der Waals surface area contributed by atoms with Gasteiger partial charge in [0.25, 0.3) is 0 Å². The standard InChI is InChI=1S/C15H16FNO3S/c1-3-20-13(18)8-7-10-9-21-15(17-10)14-11(16)5-4-6-12(14)19-2/h4-6,9H,3,7-8H2,1-2H3. The van der Waals surface area contributed by atoms with Gasteiger partial charge in [-0.15, -0.1) is 11.3 Å². The predicted molar refractivity (Wildman–Crippen MR) is 79.0 cm³/mol. The predicted octanol–water partition coefficient (Wildman–Crippen LogP) is 3.45. The van der Waals surface area contributed by atoms with Crippen LogP contribution in [0.15, 0.2) is 23.6 Å². The summed E-state index contributed by atoms with van der Waals surface area (Å²) in [7, 11) is 1.49. The van der Waals surface area contributed by atoms with Crippen LogP contribution in [0.2, 0.25) is 0 Å². The summed E-state index contributed by atoms with van der Waals surface area (Å²) in [5.74, 6) is -0.183. The monoisotopic (exact) mass is 309 g/mol. The van der Waals surface area contributed by atoms with Crippen LogP contribution in [0.1, 0.15) is 19.0 Å². The Bertz CT molecular complexity index is 627. The Balaban J connectivity index is 2.15. The highest BCUT2D eigenvalue weighted by atomic mass is 32.1. The third kappa shape index (κ3) is 3.78. The quantitative estimate of drug-likeness (QED) is 0.767. The van der Waals surface area contributed by atoms with Crippen LogP contribution in [0.25, 0.3) is 10.6 Å². The molecule has 0 radical (unpaired) electrons. The maximum absolute atomic E-state index is 14.0. The van der Waals surface area contributed by atoms with Gasteiger partial charge in [0.1, 0.15) is 16.6 Å². The summed E-state index contributed by atoms with van der Waals surface area (Å²) in [5, 5.41) is 2.37. The number of aryl methyl sites for hydroxylation is 1. The van der Waals surface area contributed by atoms with E-state index in [0.29, 0.717) is 29.3 Å². The molecule has 2 rings (SSSR count). The minimum atomic E-state index is -0.374. The number of benzene rings is 1. The minimum absolute atomic E-state index is 0.254. The second kappa shape index (κ2) is 7.17. The van der Waals surface area contributed by atoms with Crippen LogP contribution in [-0.2, 0) is 16.0 Å². The fraction of sp³-hybridized carbons (Fsp3) is 0.333. The fourth-order valence-corrected chi connectivity index (χ4v) is 2.79. The molecule has 0 fully saturated rings. The number of methoxy groups -OCH3 is 1. The van der Waals surface area contributed by atoms with E-state index in [1.165, 1.54) is 24.5 Å². The van der Waals surface area contributed by atoms with E-state index in [4.69, 9.17) is 9.47 Å². The molecule has 112 valence electrons. The van der Waals surface area contributed by atoms with Crippen molar-refractivity contribution in [3.8, 4) is 16.3 Å². The largest absolute Gasteiger partial charge is 0.496 e. The van der Waals surface area contributed by atoms with Crippen molar-refractivity contribution >= 4 is 17.3 Å². The lowest BCUT2D eigenvalue weighted by molar-refractivity contribution is -0.143. The molecule has 0 aliphatic rings. The first kappa shape index (κ1) is 15.4. The van der Waals surface area contributed by atoms with E-state index in [1.54, 1.807) is 19.1 Å². The van der Waals surface area contributed by atoms with E-state index in [1.807, 2.05) is 5.38 Å². The van der Waals surface area contributed by atoms with Crippen LogP contribution >= 0.6 is 11.3 Å². The topological polar surface area (TPSA) is 48.4 Å². The molecule has 1 heterocycles. The van der Waals surface area contributed by atoms with E-state index < -0.39 is 0 Å². The lowest BCUT2D eigenvalue weighted by Gasteiger charge is -2.06. The van der Waals surface area contributed by atoms with Gasteiger partial charge in [-0.1, -0.05) is 6.07 Å². The molecule has 21 heavy (non-hydrogen) atoms. The van der Waals surface area contributed by atoms with Gasteiger partial charge in [0, 0.05) is 11.8 Å². The number of ether oxygens (including phenoxy) is 2. The smallest absolute Gasteiger partial charge is 0.306 e. The van der Waals surface area contributed by atoms with Crippen molar-refractivity contribution in [3.63, 3.8) is 0 Å². The molecule has 2 aromatic rings. The van der Waals surface area contributed by atoms with Crippen molar-refractivity contribution in [2.45, 2.75) is 19.8 Å². The molecular weight excluding hydrogens is 293 g/mol. The molecule has 0 saturated heterocycles. The normalized spacial score (nSPS) is 10.4. The molecule has 0 amide bonds. The Labute approximate surface area is 126 Å². The number of esters is 1. The van der Waals surface area contributed by atoms with Crippen molar-refractivity contribution in [2.24, 2.45) is 0 Å². The van der Waals surface area contributed by atoms with Crippen molar-refractivity contribution in [1.29, 1.82) is 0 Å². The molecule has 6 heteroatoms. The molecule has 1 aromatic carbocycles. The van der Waals surface area contributed by atoms with Gasteiger partial charge in [0.15, 0.2) is 0 Å². The molecule has 1 aromatic heterocycles. The zero-order chi connectivity index (χ0) is 15.2. The molecule has 0 spiro atoms. The number of aromatic nitrogens is 1. The molecule has 0 bridgehead atoms. The summed E-state index contributed by atoms with van der Waals surface area (Å²) in [4.78, 5) is 15.7. The van der Waals surface area contributed by atoms with Gasteiger partial charge in [-0.3, -0.25) is 4.79 Å². The van der Waals surface area contributed by atoms with Gasteiger partial charge in [-0.05, 0) is 19.1 Å². The maximum atomic E-state index is 14.0. The lowest BCUT2D eigenvalue weighted by atomic mass is 10.2. The van der Waals surface area contributed by atoms with Crippen molar-refractivity contribution in [1.82, 2.24) is 4.98 Å². The zero-order valence-electron chi connectivity index (χ0n) is 11.9. The average Bonchev–Trinajstić information content (AvgIpc) is 2.93. The molecule has 0 aliphatic heterocycles. The third-order valence-electron chi connectivity index (χ3n) is 2.85. The lowest BCUT2D eigenvalue weighted by Crippen LogP contribution is -2.05. The first-order chi connectivity index (χ1) is 10.2. The molecule has 0 unspecified atom stereocenters. The first-order valence-electron chi connectivity index (χ1n) is 6.58. The van der Waals surface area contributed by atoms with Crippen molar-refractivity contribution in [3.05, 3.63) is 35.1 Å². The van der Waals surface area contributed by atoms with Crippen LogP contribution in [0.4, 0.5) is 4.39 Å². The van der Waals surface area contributed by atoms with Crippen LogP contribution in [0, 0.1) is 5.82 Å². The number of carbonyl (C=O) groups excluding carboxylic acids is 1. The number of thiazole rings is 1. The van der Waals surface area contributed by atoms with Crippen molar-refractivity contribution in [2.75, 3.05) is 13.7 Å². The first-order valence-corrected chi connectivity index (χ1v) is 7.46. The van der Waals surface area contributed by atoms with Crippen LogP contribution in [0.5, 0.6) is 5.75 Å². The van der Waals surface area contributed by atoms with Gasteiger partial charge < -0.3 is 9.47 Å². The zero-order valence-corrected chi connectivity index (χ0v) is 12.7. The Kier molecular flexibility index (Phi) is 5.27. The van der Waals surface area contributed by atoms with Gasteiger partial charge in [-0.2, -0.15) is 0 Å². The summed E-state index contributed by atoms with van der Waals surface area (Å²) in [6.45, 7) is 2.14. The summed E-state index contributed by atoms with van der Waals surface area (Å²) in [6, 6.07) is 4.66. The number of nitrogens with zero attached hydrogens (tertiary/aromatic N) is 1. The van der Waals surface area contributed by atoms with Gasteiger partial charge in [-0.25, -0.2) is 9.37 Å². The number of hydrogen-bond donors (Lipinski definition) is 0. The van der Waals surface area contributed by atoms with Crippen LogP contribution < -0.4 is 4.74 Å². The molecular formula is C15H16FNO3S. The molecule has 0 saturated carbocycles. The Morgan fingerprint density at radius 2 is 2.24 bits per heavy atom. The summed E-state index contributed by atoms with van der Waals surface area (Å²) < 4.78 is 24.0. The van der Waals surface area contributed by atoms with Gasteiger partial charge in [0.05, 0.1) is 31.4 Å². The number of carbonyl (C=O) groups is 1. The third-order valence-corrected chi connectivity index (χ3v) is 3.76. The highest BCUT2D eigenvalue weighted by Gasteiger charge is 2.15. The Morgan fingerprint density at radius 1 is 1.43 bits per heavy atom. The van der Waals surface area contributed by atoms with E-state index >= 15 is 0 Å². The SMILES string of the molecule is CCOC(=O)CCc1csc(-c2c(F)cccc2OC)n1. The summed E-state index contributed by atoms with van der Waals surface area (Å²) in [6.07, 6.45) is 0.748. The summed E-state index contributed by atoms with van der Waals surface area (Å²) >= 11 is 1.33. The molecule has 0 atom stereocenters. The average molecular weight is 309 g/mol. The Hall–Kier alpha value is -1.95. The number of halogens is 1. The summed E-state index contributed by atoms with van der Waals surface area (Å²) in [5.41, 5.74) is 1.10. The number of hydrogen-bond acceptors (Lipinski definition) is 5. The van der Waals surface area contributed by atoms with E-state index in [2.05, 4.69) is 4.98 Å². The highest BCUT2D eigenvalue weighted by Crippen LogP contribution is 2.34. The fourth-order valence-electron chi connectivity index (χ4n) is 1.88. The van der Waals surface area contributed by atoms with Gasteiger partial charge >= 0.3 is 5.97 Å². The molecule has 4 nitrogen and oxygen atoms in total.